The van der Waals surface area contributed by atoms with Crippen molar-refractivity contribution in [1.29, 1.82) is 0 Å². The second-order valence-electron chi connectivity index (χ2n) is 4.24. The first kappa shape index (κ1) is 13.0. The average Bonchev–Trinajstić information content (AvgIpc) is 2.86. The molecule has 0 bridgehead atoms. The van der Waals surface area contributed by atoms with Crippen LogP contribution in [-0.2, 0) is 16.0 Å². The van der Waals surface area contributed by atoms with Gasteiger partial charge in [0, 0.05) is 16.6 Å². The summed E-state index contributed by atoms with van der Waals surface area (Å²) in [5.74, 6) is -0.375. The zero-order valence-electron chi connectivity index (χ0n) is 10.5. The molecule has 19 heavy (non-hydrogen) atoms. The van der Waals surface area contributed by atoms with Gasteiger partial charge in [0.05, 0.1) is 19.6 Å². The maximum atomic E-state index is 11.2. The van der Waals surface area contributed by atoms with E-state index in [9.17, 15) is 4.79 Å². The number of aromatic amines is 1. The van der Waals surface area contributed by atoms with E-state index in [-0.39, 0.29) is 12.4 Å². The molecule has 1 aromatic heterocycles. The number of ether oxygens (including phenoxy) is 1. The number of H-pyrrole nitrogens is 1. The van der Waals surface area contributed by atoms with E-state index in [1.807, 2.05) is 30.5 Å². The number of nitrogens with zero attached hydrogens (tertiary/aromatic N) is 3. The number of azide groups is 1. The SMILES string of the molecule is COC(=O)C[C@@H](Cc1ccc2[nH]ccc2c1)N=[N+]=[N-]. The highest BCUT2D eigenvalue weighted by atomic mass is 16.5. The molecule has 1 N–H and O–H groups in total. The number of esters is 1. The van der Waals surface area contributed by atoms with Crippen molar-refractivity contribution in [3.05, 3.63) is 46.5 Å². The summed E-state index contributed by atoms with van der Waals surface area (Å²) in [6.07, 6.45) is 2.47. The molecular weight excluding hydrogens is 244 g/mol. The van der Waals surface area contributed by atoms with Gasteiger partial charge in [0.2, 0.25) is 0 Å². The smallest absolute Gasteiger partial charge is 0.305 e. The van der Waals surface area contributed by atoms with Gasteiger partial charge in [-0.1, -0.05) is 11.2 Å². The Morgan fingerprint density at radius 1 is 1.53 bits per heavy atom. The zero-order valence-corrected chi connectivity index (χ0v) is 10.5. The first-order chi connectivity index (χ1) is 9.22. The second-order valence-corrected chi connectivity index (χ2v) is 4.24. The lowest BCUT2D eigenvalue weighted by Crippen LogP contribution is -2.15. The predicted molar refractivity (Wildman–Crippen MR) is 71.6 cm³/mol. The standard InChI is InChI=1S/C13H14N4O2/c1-19-13(18)8-11(16-17-14)7-9-2-3-12-10(6-9)4-5-15-12/h2-6,11,15H,7-8H2,1H3/t11-/m1/s1. The van der Waals surface area contributed by atoms with Gasteiger partial charge in [-0.15, -0.1) is 0 Å². The molecule has 0 aliphatic rings. The van der Waals surface area contributed by atoms with Crippen LogP contribution < -0.4 is 0 Å². The first-order valence-corrected chi connectivity index (χ1v) is 5.90. The molecule has 0 saturated heterocycles. The Morgan fingerprint density at radius 2 is 2.37 bits per heavy atom. The van der Waals surface area contributed by atoms with Crippen LogP contribution in [0.2, 0.25) is 0 Å². The molecule has 0 saturated carbocycles. The summed E-state index contributed by atoms with van der Waals surface area (Å²) in [6, 6.07) is 7.49. The van der Waals surface area contributed by atoms with Gasteiger partial charge >= 0.3 is 5.97 Å². The molecule has 98 valence electrons. The Balaban J connectivity index is 2.15. The fourth-order valence-corrected chi connectivity index (χ4v) is 2.00. The van der Waals surface area contributed by atoms with Gasteiger partial charge in [0.25, 0.3) is 0 Å². The largest absolute Gasteiger partial charge is 0.469 e. The number of carbonyl (C=O) groups excluding carboxylic acids is 1. The van der Waals surface area contributed by atoms with E-state index in [2.05, 4.69) is 19.7 Å². The van der Waals surface area contributed by atoms with Crippen molar-refractivity contribution in [3.8, 4) is 0 Å². The summed E-state index contributed by atoms with van der Waals surface area (Å²) < 4.78 is 4.60. The van der Waals surface area contributed by atoms with Crippen LogP contribution in [0.25, 0.3) is 21.3 Å². The molecule has 6 nitrogen and oxygen atoms in total. The summed E-state index contributed by atoms with van der Waals surface area (Å²) in [5.41, 5.74) is 10.6. The molecule has 0 amide bonds. The average molecular weight is 258 g/mol. The molecule has 0 aliphatic heterocycles. The van der Waals surface area contributed by atoms with E-state index >= 15 is 0 Å². The summed E-state index contributed by atoms with van der Waals surface area (Å²) in [5, 5.41) is 4.74. The highest BCUT2D eigenvalue weighted by Crippen LogP contribution is 2.17. The quantitative estimate of drug-likeness (QED) is 0.386. The maximum absolute atomic E-state index is 11.2. The first-order valence-electron chi connectivity index (χ1n) is 5.90. The third-order valence-electron chi connectivity index (χ3n) is 2.93. The van der Waals surface area contributed by atoms with E-state index in [0.717, 1.165) is 16.5 Å². The number of hydrogen-bond donors (Lipinski definition) is 1. The van der Waals surface area contributed by atoms with Crippen molar-refractivity contribution < 1.29 is 9.53 Å². The Labute approximate surface area is 110 Å². The molecular formula is C13H14N4O2. The number of methoxy groups -OCH3 is 1. The monoisotopic (exact) mass is 258 g/mol. The Morgan fingerprint density at radius 3 is 3.11 bits per heavy atom. The molecule has 2 aromatic rings. The molecule has 0 fully saturated rings. The minimum absolute atomic E-state index is 0.0890. The van der Waals surface area contributed by atoms with Crippen LogP contribution in [0.3, 0.4) is 0 Å². The van der Waals surface area contributed by atoms with Crippen LogP contribution in [-0.4, -0.2) is 24.1 Å². The van der Waals surface area contributed by atoms with E-state index in [0.29, 0.717) is 6.42 Å². The Hall–Kier alpha value is -2.46. The van der Waals surface area contributed by atoms with Crippen LogP contribution >= 0.6 is 0 Å². The Bertz CT molecular complexity index is 628. The van der Waals surface area contributed by atoms with Crippen LogP contribution in [0, 0.1) is 0 Å². The molecule has 0 radical (unpaired) electrons. The second kappa shape index (κ2) is 5.93. The molecule has 0 spiro atoms. The summed E-state index contributed by atoms with van der Waals surface area (Å²) >= 11 is 0. The molecule has 0 unspecified atom stereocenters. The molecule has 1 heterocycles. The number of fused-ring (bicyclic) bond motifs is 1. The lowest BCUT2D eigenvalue weighted by molar-refractivity contribution is -0.140. The zero-order chi connectivity index (χ0) is 13.7. The van der Waals surface area contributed by atoms with Crippen molar-refractivity contribution in [3.63, 3.8) is 0 Å². The minimum atomic E-state index is -0.422. The topological polar surface area (TPSA) is 90.9 Å². The number of hydrogen-bond acceptors (Lipinski definition) is 3. The van der Waals surface area contributed by atoms with Gasteiger partial charge in [-0.25, -0.2) is 0 Å². The third kappa shape index (κ3) is 3.26. The van der Waals surface area contributed by atoms with E-state index in [1.165, 1.54) is 7.11 Å². The molecule has 6 heteroatoms. The predicted octanol–water partition coefficient (Wildman–Crippen LogP) is 2.95. The lowest BCUT2D eigenvalue weighted by atomic mass is 10.0. The van der Waals surface area contributed by atoms with Crippen molar-refractivity contribution in [2.45, 2.75) is 18.9 Å². The summed E-state index contributed by atoms with van der Waals surface area (Å²) in [6.45, 7) is 0. The fraction of sp³-hybridized carbons (Fsp3) is 0.308. The summed E-state index contributed by atoms with van der Waals surface area (Å²) in [7, 11) is 1.32. The van der Waals surface area contributed by atoms with Gasteiger partial charge in [-0.05, 0) is 41.1 Å². The van der Waals surface area contributed by atoms with Crippen LogP contribution in [0.1, 0.15) is 12.0 Å². The lowest BCUT2D eigenvalue weighted by Gasteiger charge is -2.09. The van der Waals surface area contributed by atoms with Crippen LogP contribution in [0.15, 0.2) is 35.6 Å². The minimum Gasteiger partial charge on any atom is -0.469 e. The molecule has 0 aliphatic carbocycles. The van der Waals surface area contributed by atoms with E-state index in [4.69, 9.17) is 5.53 Å². The van der Waals surface area contributed by atoms with Crippen molar-refractivity contribution in [2.24, 2.45) is 5.11 Å². The fourth-order valence-electron chi connectivity index (χ4n) is 2.00. The van der Waals surface area contributed by atoms with E-state index < -0.39 is 6.04 Å². The Kier molecular flexibility index (Phi) is 4.05. The third-order valence-corrected chi connectivity index (χ3v) is 2.93. The van der Waals surface area contributed by atoms with Gasteiger partial charge in [0.1, 0.15) is 0 Å². The van der Waals surface area contributed by atoms with Crippen molar-refractivity contribution >= 4 is 16.9 Å². The summed E-state index contributed by atoms with van der Waals surface area (Å²) in [4.78, 5) is 17.1. The maximum Gasteiger partial charge on any atom is 0.305 e. The number of carbonyl (C=O) groups is 1. The van der Waals surface area contributed by atoms with Gasteiger partial charge in [-0.2, -0.15) is 0 Å². The van der Waals surface area contributed by atoms with Crippen molar-refractivity contribution in [2.75, 3.05) is 7.11 Å². The number of rotatable bonds is 5. The highest BCUT2D eigenvalue weighted by molar-refractivity contribution is 5.80. The molecule has 1 atom stereocenters. The van der Waals surface area contributed by atoms with E-state index in [1.54, 1.807) is 0 Å². The molecule has 2 rings (SSSR count). The number of nitrogens with one attached hydrogen (secondary N) is 1. The van der Waals surface area contributed by atoms with Crippen LogP contribution in [0.4, 0.5) is 0 Å². The van der Waals surface area contributed by atoms with Gasteiger partial charge in [0.15, 0.2) is 0 Å². The molecule has 1 aromatic carbocycles. The normalized spacial score (nSPS) is 11.8. The van der Waals surface area contributed by atoms with Gasteiger partial charge in [-0.3, -0.25) is 4.79 Å². The number of aromatic nitrogens is 1. The van der Waals surface area contributed by atoms with Crippen LogP contribution in [0.5, 0.6) is 0 Å². The highest BCUT2D eigenvalue weighted by Gasteiger charge is 2.13. The van der Waals surface area contributed by atoms with Gasteiger partial charge < -0.3 is 9.72 Å². The number of benzene rings is 1. The van der Waals surface area contributed by atoms with Crippen molar-refractivity contribution in [1.82, 2.24) is 4.98 Å².